The van der Waals surface area contributed by atoms with Gasteiger partial charge in [0.1, 0.15) is 12.4 Å². The SMILES string of the molecule is CCc1nc(COc2cc(Br)ccc2[C@H](C)N)cs1. The summed E-state index contributed by atoms with van der Waals surface area (Å²) in [5, 5.41) is 3.18. The highest BCUT2D eigenvalue weighted by Crippen LogP contribution is 2.28. The average Bonchev–Trinajstić information content (AvgIpc) is 2.84. The van der Waals surface area contributed by atoms with Gasteiger partial charge in [-0.15, -0.1) is 11.3 Å². The van der Waals surface area contributed by atoms with Crippen LogP contribution in [-0.4, -0.2) is 4.98 Å². The number of benzene rings is 1. The van der Waals surface area contributed by atoms with Gasteiger partial charge in [0.15, 0.2) is 0 Å². The van der Waals surface area contributed by atoms with Crippen LogP contribution in [-0.2, 0) is 13.0 Å². The molecule has 1 aromatic heterocycles. The number of aromatic nitrogens is 1. The van der Waals surface area contributed by atoms with Crippen molar-refractivity contribution >= 4 is 27.3 Å². The van der Waals surface area contributed by atoms with Crippen molar-refractivity contribution in [1.82, 2.24) is 4.98 Å². The fourth-order valence-corrected chi connectivity index (χ4v) is 2.81. The number of aryl methyl sites for hydroxylation is 1. The Morgan fingerprint density at radius 3 is 2.89 bits per heavy atom. The van der Waals surface area contributed by atoms with E-state index >= 15 is 0 Å². The molecule has 0 bridgehead atoms. The topological polar surface area (TPSA) is 48.1 Å². The maximum absolute atomic E-state index is 5.95. The zero-order valence-electron chi connectivity index (χ0n) is 11.0. The van der Waals surface area contributed by atoms with E-state index in [1.807, 2.05) is 30.5 Å². The Balaban J connectivity index is 2.12. The Kier molecular flexibility index (Phi) is 4.96. The summed E-state index contributed by atoms with van der Waals surface area (Å²) in [6.07, 6.45) is 0.965. The second kappa shape index (κ2) is 6.50. The van der Waals surface area contributed by atoms with Crippen molar-refractivity contribution in [1.29, 1.82) is 0 Å². The second-order valence-electron chi connectivity index (χ2n) is 4.35. The number of rotatable bonds is 5. The van der Waals surface area contributed by atoms with Crippen LogP contribution < -0.4 is 10.5 Å². The van der Waals surface area contributed by atoms with E-state index < -0.39 is 0 Å². The predicted molar refractivity (Wildman–Crippen MR) is 82.6 cm³/mol. The molecule has 0 radical (unpaired) electrons. The van der Waals surface area contributed by atoms with Crippen molar-refractivity contribution in [3.63, 3.8) is 0 Å². The maximum Gasteiger partial charge on any atom is 0.131 e. The first kappa shape index (κ1) is 14.5. The highest BCUT2D eigenvalue weighted by molar-refractivity contribution is 9.10. The summed E-state index contributed by atoms with van der Waals surface area (Å²) in [7, 11) is 0. The smallest absolute Gasteiger partial charge is 0.131 e. The molecular weight excluding hydrogens is 324 g/mol. The van der Waals surface area contributed by atoms with Crippen LogP contribution in [0.2, 0.25) is 0 Å². The summed E-state index contributed by atoms with van der Waals surface area (Å²) < 4.78 is 6.84. The molecule has 1 aromatic carbocycles. The minimum absolute atomic E-state index is 0.0512. The van der Waals surface area contributed by atoms with Crippen LogP contribution in [0.4, 0.5) is 0 Å². The molecule has 2 N–H and O–H groups in total. The molecule has 3 nitrogen and oxygen atoms in total. The summed E-state index contributed by atoms with van der Waals surface area (Å²) in [6, 6.07) is 5.86. The predicted octanol–water partition coefficient (Wildman–Crippen LogP) is 4.07. The second-order valence-corrected chi connectivity index (χ2v) is 6.20. The van der Waals surface area contributed by atoms with Crippen LogP contribution in [0.25, 0.3) is 0 Å². The van der Waals surface area contributed by atoms with Gasteiger partial charge in [-0.25, -0.2) is 4.98 Å². The van der Waals surface area contributed by atoms with E-state index in [1.54, 1.807) is 11.3 Å². The third-order valence-electron chi connectivity index (χ3n) is 2.74. The van der Waals surface area contributed by atoms with Gasteiger partial charge in [0, 0.05) is 21.5 Å². The van der Waals surface area contributed by atoms with Gasteiger partial charge in [-0.05, 0) is 25.5 Å². The number of nitrogens with zero attached hydrogens (tertiary/aromatic N) is 1. The van der Waals surface area contributed by atoms with Crippen LogP contribution >= 0.6 is 27.3 Å². The van der Waals surface area contributed by atoms with Gasteiger partial charge < -0.3 is 10.5 Å². The Hall–Kier alpha value is -0.910. The van der Waals surface area contributed by atoms with Crippen molar-refractivity contribution in [3.8, 4) is 5.75 Å². The first-order valence-electron chi connectivity index (χ1n) is 6.21. The van der Waals surface area contributed by atoms with E-state index in [-0.39, 0.29) is 6.04 Å². The molecule has 0 saturated carbocycles. The molecule has 5 heteroatoms. The molecule has 0 fully saturated rings. The minimum Gasteiger partial charge on any atom is -0.487 e. The van der Waals surface area contributed by atoms with E-state index in [0.29, 0.717) is 6.61 Å². The zero-order valence-corrected chi connectivity index (χ0v) is 13.4. The van der Waals surface area contributed by atoms with E-state index in [0.717, 1.165) is 32.9 Å². The molecule has 0 aliphatic rings. The fraction of sp³-hybridized carbons (Fsp3) is 0.357. The normalized spacial score (nSPS) is 12.4. The summed E-state index contributed by atoms with van der Waals surface area (Å²) in [5.74, 6) is 0.815. The number of thiazole rings is 1. The molecule has 0 saturated heterocycles. The van der Waals surface area contributed by atoms with Crippen molar-refractivity contribution in [2.45, 2.75) is 32.9 Å². The molecule has 0 amide bonds. The number of halogens is 1. The summed E-state index contributed by atoms with van der Waals surface area (Å²) in [4.78, 5) is 4.49. The van der Waals surface area contributed by atoms with Gasteiger partial charge in [-0.1, -0.05) is 28.9 Å². The molecule has 1 heterocycles. The Labute approximate surface area is 125 Å². The molecule has 19 heavy (non-hydrogen) atoms. The third kappa shape index (κ3) is 3.78. The molecule has 2 aromatic rings. The van der Waals surface area contributed by atoms with Gasteiger partial charge in [0.25, 0.3) is 0 Å². The monoisotopic (exact) mass is 340 g/mol. The van der Waals surface area contributed by atoms with Gasteiger partial charge in [0.2, 0.25) is 0 Å². The lowest BCUT2D eigenvalue weighted by atomic mass is 10.1. The largest absolute Gasteiger partial charge is 0.487 e. The van der Waals surface area contributed by atoms with Crippen LogP contribution in [0.5, 0.6) is 5.75 Å². The molecule has 0 aliphatic heterocycles. The summed E-state index contributed by atoms with van der Waals surface area (Å²) in [6.45, 7) is 4.53. The van der Waals surface area contributed by atoms with Crippen LogP contribution in [0.1, 0.15) is 36.2 Å². The fourth-order valence-electron chi connectivity index (χ4n) is 1.74. The van der Waals surface area contributed by atoms with Gasteiger partial charge in [-0.2, -0.15) is 0 Å². The number of hydrogen-bond donors (Lipinski definition) is 1. The minimum atomic E-state index is -0.0512. The standard InChI is InChI=1S/C14H17BrN2OS/c1-3-14-17-11(8-19-14)7-18-13-6-10(15)4-5-12(13)9(2)16/h4-6,8-9H,3,7,16H2,1-2H3/t9-/m0/s1. The molecule has 1 atom stereocenters. The van der Waals surface area contributed by atoms with Crippen molar-refractivity contribution in [3.05, 3.63) is 44.3 Å². The molecule has 2 rings (SSSR count). The number of hydrogen-bond acceptors (Lipinski definition) is 4. The van der Waals surface area contributed by atoms with E-state index in [9.17, 15) is 0 Å². The van der Waals surface area contributed by atoms with Crippen LogP contribution in [0, 0.1) is 0 Å². The highest BCUT2D eigenvalue weighted by atomic mass is 79.9. The van der Waals surface area contributed by atoms with Gasteiger partial charge in [0.05, 0.1) is 10.7 Å². The van der Waals surface area contributed by atoms with Crippen LogP contribution in [0.3, 0.4) is 0 Å². The van der Waals surface area contributed by atoms with E-state index in [2.05, 4.69) is 27.8 Å². The third-order valence-corrected chi connectivity index (χ3v) is 4.28. The number of ether oxygens (including phenoxy) is 1. The lowest BCUT2D eigenvalue weighted by Crippen LogP contribution is -2.08. The first-order chi connectivity index (χ1) is 9.10. The van der Waals surface area contributed by atoms with Crippen LogP contribution in [0.15, 0.2) is 28.1 Å². The van der Waals surface area contributed by atoms with Gasteiger partial charge >= 0.3 is 0 Å². The Bertz CT molecular complexity index is 554. The van der Waals surface area contributed by atoms with Crippen molar-refractivity contribution < 1.29 is 4.74 Å². The lowest BCUT2D eigenvalue weighted by Gasteiger charge is -2.13. The first-order valence-corrected chi connectivity index (χ1v) is 7.88. The molecular formula is C14H17BrN2OS. The molecule has 0 spiro atoms. The quantitative estimate of drug-likeness (QED) is 0.892. The Morgan fingerprint density at radius 1 is 1.47 bits per heavy atom. The summed E-state index contributed by atoms with van der Waals surface area (Å²) in [5.41, 5.74) is 7.93. The van der Waals surface area contributed by atoms with E-state index in [1.165, 1.54) is 0 Å². The zero-order chi connectivity index (χ0) is 13.8. The van der Waals surface area contributed by atoms with Crippen molar-refractivity contribution in [2.24, 2.45) is 5.73 Å². The van der Waals surface area contributed by atoms with Crippen molar-refractivity contribution in [2.75, 3.05) is 0 Å². The van der Waals surface area contributed by atoms with Gasteiger partial charge in [-0.3, -0.25) is 0 Å². The van der Waals surface area contributed by atoms with E-state index in [4.69, 9.17) is 10.5 Å². The Morgan fingerprint density at radius 2 is 2.26 bits per heavy atom. The number of nitrogens with two attached hydrogens (primary N) is 1. The highest BCUT2D eigenvalue weighted by Gasteiger charge is 2.10. The summed E-state index contributed by atoms with van der Waals surface area (Å²) >= 11 is 5.13. The lowest BCUT2D eigenvalue weighted by molar-refractivity contribution is 0.297. The molecule has 0 unspecified atom stereocenters. The average molecular weight is 341 g/mol. The maximum atomic E-state index is 5.95. The molecule has 102 valence electrons. The molecule has 0 aliphatic carbocycles.